The maximum absolute atomic E-state index is 8.88. The SMILES string of the molecule is Cl.O[C@@H]1[C@H](O)COC(O)(O)[C@H]1O. The Kier molecular flexibility index (Phi) is 3.86. The monoisotopic (exact) mass is 202 g/mol. The Morgan fingerprint density at radius 2 is 1.67 bits per heavy atom. The van der Waals surface area contributed by atoms with E-state index in [0.717, 1.165) is 0 Å². The van der Waals surface area contributed by atoms with Crippen LogP contribution >= 0.6 is 12.4 Å². The third-order valence-corrected chi connectivity index (χ3v) is 1.57. The van der Waals surface area contributed by atoms with Gasteiger partial charge in [0.1, 0.15) is 12.2 Å². The van der Waals surface area contributed by atoms with Gasteiger partial charge in [0, 0.05) is 0 Å². The van der Waals surface area contributed by atoms with Crippen LogP contribution in [-0.4, -0.2) is 56.4 Å². The van der Waals surface area contributed by atoms with Crippen molar-refractivity contribution in [3.05, 3.63) is 0 Å². The molecule has 0 saturated carbocycles. The number of rotatable bonds is 0. The summed E-state index contributed by atoms with van der Waals surface area (Å²) in [6, 6.07) is 0. The first kappa shape index (κ1) is 12.0. The largest absolute Gasteiger partial charge is 0.388 e. The summed E-state index contributed by atoms with van der Waals surface area (Å²) in [5.41, 5.74) is 0. The van der Waals surface area contributed by atoms with Gasteiger partial charge in [0.2, 0.25) is 0 Å². The third-order valence-electron chi connectivity index (χ3n) is 1.57. The Bertz CT molecular complexity index is 151. The first-order valence-electron chi connectivity index (χ1n) is 3.08. The van der Waals surface area contributed by atoms with Gasteiger partial charge in [-0.05, 0) is 0 Å². The highest BCUT2D eigenvalue weighted by Crippen LogP contribution is 2.20. The molecule has 1 fully saturated rings. The van der Waals surface area contributed by atoms with Gasteiger partial charge in [0.05, 0.1) is 6.61 Å². The fourth-order valence-electron chi connectivity index (χ4n) is 0.825. The summed E-state index contributed by atoms with van der Waals surface area (Å²) in [5.74, 6) is -2.77. The second-order valence-electron chi connectivity index (χ2n) is 2.47. The maximum atomic E-state index is 8.88. The number of ether oxygens (including phenoxy) is 1. The van der Waals surface area contributed by atoms with Crippen molar-refractivity contribution in [3.8, 4) is 0 Å². The molecule has 74 valence electrons. The van der Waals surface area contributed by atoms with Crippen molar-refractivity contribution >= 4 is 12.4 Å². The Morgan fingerprint density at radius 3 is 2.08 bits per heavy atom. The Morgan fingerprint density at radius 1 is 1.17 bits per heavy atom. The maximum Gasteiger partial charge on any atom is 0.308 e. The molecule has 7 heteroatoms. The zero-order valence-corrected chi connectivity index (χ0v) is 6.81. The van der Waals surface area contributed by atoms with Gasteiger partial charge in [-0.25, -0.2) is 0 Å². The van der Waals surface area contributed by atoms with E-state index in [9.17, 15) is 0 Å². The van der Waals surface area contributed by atoms with Gasteiger partial charge in [-0.2, -0.15) is 0 Å². The van der Waals surface area contributed by atoms with E-state index in [1.807, 2.05) is 0 Å². The average molecular weight is 203 g/mol. The van der Waals surface area contributed by atoms with Gasteiger partial charge in [-0.15, -0.1) is 12.4 Å². The van der Waals surface area contributed by atoms with Crippen molar-refractivity contribution in [3.63, 3.8) is 0 Å². The lowest BCUT2D eigenvalue weighted by molar-refractivity contribution is -0.415. The molecule has 0 aromatic carbocycles. The lowest BCUT2D eigenvalue weighted by atomic mass is 10.0. The fraction of sp³-hybridized carbons (Fsp3) is 1.00. The van der Waals surface area contributed by atoms with Crippen LogP contribution in [0.2, 0.25) is 0 Å². The van der Waals surface area contributed by atoms with Gasteiger partial charge < -0.3 is 30.3 Å². The van der Waals surface area contributed by atoms with Crippen LogP contribution in [0.3, 0.4) is 0 Å². The Hall–Kier alpha value is 0.0500. The average Bonchev–Trinajstić information content (AvgIpc) is 1.95. The summed E-state index contributed by atoms with van der Waals surface area (Å²) in [7, 11) is 0. The van der Waals surface area contributed by atoms with Crippen LogP contribution in [0.1, 0.15) is 0 Å². The number of hydrogen-bond donors (Lipinski definition) is 5. The second kappa shape index (κ2) is 3.84. The molecular formula is C5H11ClO6. The number of halogens is 1. The van der Waals surface area contributed by atoms with Crippen LogP contribution in [-0.2, 0) is 4.74 Å². The highest BCUT2D eigenvalue weighted by molar-refractivity contribution is 5.85. The molecule has 0 radical (unpaired) electrons. The summed E-state index contributed by atoms with van der Waals surface area (Å²) >= 11 is 0. The van der Waals surface area contributed by atoms with E-state index in [1.54, 1.807) is 0 Å². The molecular weight excluding hydrogens is 192 g/mol. The predicted octanol–water partition coefficient (Wildman–Crippen LogP) is -2.84. The Balaban J connectivity index is 0.00000121. The van der Waals surface area contributed by atoms with Gasteiger partial charge in [0.15, 0.2) is 6.10 Å². The lowest BCUT2D eigenvalue weighted by Gasteiger charge is -2.37. The molecule has 1 heterocycles. The summed E-state index contributed by atoms with van der Waals surface area (Å²) in [4.78, 5) is 0. The van der Waals surface area contributed by atoms with Crippen molar-refractivity contribution in [1.82, 2.24) is 0 Å². The lowest BCUT2D eigenvalue weighted by Crippen LogP contribution is -2.60. The van der Waals surface area contributed by atoms with Crippen molar-refractivity contribution < 1.29 is 30.3 Å². The molecule has 0 spiro atoms. The molecule has 1 saturated heterocycles. The highest BCUT2D eigenvalue weighted by Gasteiger charge is 2.47. The highest BCUT2D eigenvalue weighted by atomic mass is 35.5. The number of aliphatic hydroxyl groups is 5. The summed E-state index contributed by atoms with van der Waals surface area (Å²) in [6.07, 6.45) is -4.80. The first-order valence-corrected chi connectivity index (χ1v) is 3.08. The Labute approximate surface area is 74.4 Å². The molecule has 0 amide bonds. The summed E-state index contributed by atoms with van der Waals surface area (Å²) in [5, 5.41) is 44.0. The molecule has 0 aliphatic carbocycles. The van der Waals surface area contributed by atoms with Gasteiger partial charge in [0.25, 0.3) is 0 Å². The molecule has 0 bridgehead atoms. The van der Waals surface area contributed by atoms with Crippen molar-refractivity contribution in [2.75, 3.05) is 6.61 Å². The molecule has 0 unspecified atom stereocenters. The normalized spacial score (nSPS) is 40.2. The number of aliphatic hydroxyl groups excluding tert-OH is 3. The van der Waals surface area contributed by atoms with Crippen molar-refractivity contribution in [2.24, 2.45) is 0 Å². The first-order chi connectivity index (χ1) is 4.95. The minimum absolute atomic E-state index is 0. The van der Waals surface area contributed by atoms with Crippen molar-refractivity contribution in [2.45, 2.75) is 24.3 Å². The van der Waals surface area contributed by atoms with E-state index >= 15 is 0 Å². The smallest absolute Gasteiger partial charge is 0.308 e. The zero-order valence-electron chi connectivity index (χ0n) is 5.99. The van der Waals surface area contributed by atoms with E-state index in [4.69, 9.17) is 25.5 Å². The van der Waals surface area contributed by atoms with E-state index < -0.39 is 30.9 Å². The minimum atomic E-state index is -2.77. The topological polar surface area (TPSA) is 110 Å². The van der Waals surface area contributed by atoms with Gasteiger partial charge in [-0.3, -0.25) is 0 Å². The van der Waals surface area contributed by atoms with Crippen LogP contribution < -0.4 is 0 Å². The quantitative estimate of drug-likeness (QED) is 0.271. The fourth-order valence-corrected chi connectivity index (χ4v) is 0.825. The third kappa shape index (κ3) is 2.05. The van der Waals surface area contributed by atoms with E-state index in [-0.39, 0.29) is 12.4 Å². The summed E-state index contributed by atoms with van der Waals surface area (Å²) in [6.45, 7) is -0.425. The van der Waals surface area contributed by atoms with Crippen LogP contribution in [0, 0.1) is 0 Å². The minimum Gasteiger partial charge on any atom is -0.388 e. The molecule has 1 aliphatic rings. The molecule has 0 aromatic heterocycles. The van der Waals surface area contributed by atoms with E-state index in [1.165, 1.54) is 0 Å². The predicted molar refractivity (Wildman–Crippen MR) is 38.4 cm³/mol. The van der Waals surface area contributed by atoms with E-state index in [2.05, 4.69) is 4.74 Å². The van der Waals surface area contributed by atoms with Crippen molar-refractivity contribution in [1.29, 1.82) is 0 Å². The van der Waals surface area contributed by atoms with Crippen LogP contribution in [0.5, 0.6) is 0 Å². The van der Waals surface area contributed by atoms with Gasteiger partial charge >= 0.3 is 5.97 Å². The standard InChI is InChI=1S/C5H10O6.ClH/c6-2-1-11-5(9,10)4(8)3(2)7;/h2-4,6-10H,1H2;1H/t2-,3-,4+;/m1./s1. The van der Waals surface area contributed by atoms with Crippen LogP contribution in [0.15, 0.2) is 0 Å². The molecule has 3 atom stereocenters. The zero-order chi connectivity index (χ0) is 8.65. The van der Waals surface area contributed by atoms with Crippen LogP contribution in [0.4, 0.5) is 0 Å². The molecule has 0 aromatic rings. The van der Waals surface area contributed by atoms with E-state index in [0.29, 0.717) is 0 Å². The van der Waals surface area contributed by atoms with Gasteiger partial charge in [-0.1, -0.05) is 0 Å². The summed E-state index contributed by atoms with van der Waals surface area (Å²) < 4.78 is 4.21. The molecule has 1 aliphatic heterocycles. The van der Waals surface area contributed by atoms with Crippen LogP contribution in [0.25, 0.3) is 0 Å². The second-order valence-corrected chi connectivity index (χ2v) is 2.47. The number of hydrogen-bond acceptors (Lipinski definition) is 6. The molecule has 6 nitrogen and oxygen atoms in total. The molecule has 12 heavy (non-hydrogen) atoms. The molecule has 5 N–H and O–H groups in total. The molecule has 1 rings (SSSR count).